The van der Waals surface area contributed by atoms with Crippen LogP contribution in [0.15, 0.2) is 40.3 Å². The molecule has 27 heavy (non-hydrogen) atoms. The highest BCUT2D eigenvalue weighted by atomic mass is 32.2. The predicted molar refractivity (Wildman–Crippen MR) is 116 cm³/mol. The van der Waals surface area contributed by atoms with E-state index in [2.05, 4.69) is 36.1 Å². The van der Waals surface area contributed by atoms with Gasteiger partial charge in [0.2, 0.25) is 5.91 Å². The van der Waals surface area contributed by atoms with Crippen LogP contribution in [-0.2, 0) is 17.0 Å². The Kier molecular flexibility index (Phi) is 8.44. The number of nitrogens with zero attached hydrogens (tertiary/aromatic N) is 1. The number of H-pyrrole nitrogens is 1. The summed E-state index contributed by atoms with van der Waals surface area (Å²) in [6.45, 7) is 8.27. The molecule has 1 unspecified atom stereocenters. The Morgan fingerprint density at radius 2 is 1.93 bits per heavy atom. The zero-order valence-corrected chi connectivity index (χ0v) is 17.9. The maximum absolute atomic E-state index is 12.6. The average molecular weight is 406 g/mol. The average Bonchev–Trinajstić information content (AvgIpc) is 2.64. The van der Waals surface area contributed by atoms with Gasteiger partial charge >= 0.3 is 0 Å². The van der Waals surface area contributed by atoms with E-state index in [9.17, 15) is 9.59 Å². The van der Waals surface area contributed by atoms with E-state index in [1.807, 2.05) is 31.2 Å². The largest absolute Gasteiger partial charge is 0.325 e. The van der Waals surface area contributed by atoms with Crippen molar-refractivity contribution in [3.8, 4) is 0 Å². The highest BCUT2D eigenvalue weighted by molar-refractivity contribution is 8.00. The molecule has 0 aliphatic rings. The smallest absolute Gasteiger partial charge is 0.251 e. The highest BCUT2D eigenvalue weighted by Gasteiger charge is 2.20. The predicted octanol–water partition coefficient (Wildman–Crippen LogP) is 4.48. The number of aromatic amines is 1. The molecule has 0 spiro atoms. The number of amides is 1. The van der Waals surface area contributed by atoms with Crippen molar-refractivity contribution >= 4 is 35.1 Å². The fourth-order valence-corrected chi connectivity index (χ4v) is 3.95. The first-order chi connectivity index (χ1) is 12.9. The van der Waals surface area contributed by atoms with Crippen LogP contribution in [0.2, 0.25) is 0 Å². The fraction of sp³-hybridized carbons (Fsp3) is 0.450. The number of hydrogen-bond acceptors (Lipinski definition) is 5. The first-order valence-corrected chi connectivity index (χ1v) is 11.1. The van der Waals surface area contributed by atoms with E-state index in [4.69, 9.17) is 0 Å². The normalized spacial score (nSPS) is 12.2. The second-order valence-corrected chi connectivity index (χ2v) is 9.21. The molecule has 0 bridgehead atoms. The van der Waals surface area contributed by atoms with E-state index in [-0.39, 0.29) is 16.7 Å². The molecule has 7 heteroatoms. The Bertz CT molecular complexity index is 804. The number of rotatable bonds is 9. The topological polar surface area (TPSA) is 74.8 Å². The van der Waals surface area contributed by atoms with Crippen molar-refractivity contribution in [3.05, 3.63) is 51.9 Å². The summed E-state index contributed by atoms with van der Waals surface area (Å²) in [5, 5.41) is 3.58. The van der Waals surface area contributed by atoms with Crippen LogP contribution in [0.3, 0.4) is 0 Å². The minimum atomic E-state index is -0.327. The van der Waals surface area contributed by atoms with Crippen molar-refractivity contribution in [2.45, 2.75) is 61.9 Å². The van der Waals surface area contributed by atoms with Gasteiger partial charge in [0, 0.05) is 17.5 Å². The molecule has 0 saturated heterocycles. The van der Waals surface area contributed by atoms with E-state index < -0.39 is 0 Å². The Labute approximate surface area is 169 Å². The number of anilines is 1. The summed E-state index contributed by atoms with van der Waals surface area (Å²) in [7, 11) is 0. The second kappa shape index (κ2) is 10.6. The number of carbonyl (C=O) groups is 1. The Hall–Kier alpha value is -1.73. The molecular weight excluding hydrogens is 378 g/mol. The highest BCUT2D eigenvalue weighted by Crippen LogP contribution is 2.24. The van der Waals surface area contributed by atoms with Gasteiger partial charge in [0.05, 0.1) is 10.9 Å². The number of carbonyl (C=O) groups excluding carboxylic acids is 1. The number of benzene rings is 1. The summed E-state index contributed by atoms with van der Waals surface area (Å²) in [6, 6.07) is 9.38. The van der Waals surface area contributed by atoms with Crippen molar-refractivity contribution in [2.75, 3.05) is 5.32 Å². The molecule has 1 heterocycles. The summed E-state index contributed by atoms with van der Waals surface area (Å²) >= 11 is 3.03. The van der Waals surface area contributed by atoms with Gasteiger partial charge in [0.1, 0.15) is 0 Å². The van der Waals surface area contributed by atoms with Crippen LogP contribution in [0.25, 0.3) is 0 Å². The quantitative estimate of drug-likeness (QED) is 0.475. The summed E-state index contributed by atoms with van der Waals surface area (Å²) in [4.78, 5) is 31.8. The van der Waals surface area contributed by atoms with Crippen molar-refractivity contribution < 1.29 is 4.79 Å². The Balaban J connectivity index is 2.06. The molecule has 0 fully saturated rings. The molecule has 1 aromatic carbocycles. The SMILES string of the molecule is CCc1ccc(NC(=O)C(CC)Sc2nc(CSC(C)C)cc(=O)[nH]2)cc1. The maximum Gasteiger partial charge on any atom is 0.251 e. The lowest BCUT2D eigenvalue weighted by atomic mass is 10.1. The molecule has 1 atom stereocenters. The maximum atomic E-state index is 12.6. The lowest BCUT2D eigenvalue weighted by Gasteiger charge is -2.15. The van der Waals surface area contributed by atoms with Crippen LogP contribution < -0.4 is 10.9 Å². The van der Waals surface area contributed by atoms with Gasteiger partial charge in [-0.25, -0.2) is 4.98 Å². The molecule has 2 rings (SSSR count). The first kappa shape index (κ1) is 21.6. The number of aryl methyl sites for hydroxylation is 1. The van der Waals surface area contributed by atoms with E-state index in [0.717, 1.165) is 17.8 Å². The van der Waals surface area contributed by atoms with Gasteiger partial charge in [0.15, 0.2) is 5.16 Å². The summed E-state index contributed by atoms with van der Waals surface area (Å²) in [5.41, 5.74) is 2.56. The third-order valence-electron chi connectivity index (χ3n) is 3.88. The van der Waals surface area contributed by atoms with Gasteiger partial charge in [-0.05, 0) is 35.8 Å². The van der Waals surface area contributed by atoms with Gasteiger partial charge in [-0.15, -0.1) is 0 Å². The van der Waals surface area contributed by atoms with E-state index in [0.29, 0.717) is 22.6 Å². The minimum Gasteiger partial charge on any atom is -0.325 e. The molecule has 2 N–H and O–H groups in total. The van der Waals surface area contributed by atoms with Crippen LogP contribution in [0.1, 0.15) is 45.4 Å². The van der Waals surface area contributed by atoms with Crippen molar-refractivity contribution in [3.63, 3.8) is 0 Å². The van der Waals surface area contributed by atoms with Crippen molar-refractivity contribution in [2.24, 2.45) is 0 Å². The van der Waals surface area contributed by atoms with Gasteiger partial charge in [-0.1, -0.05) is 51.6 Å². The first-order valence-electron chi connectivity index (χ1n) is 9.19. The molecule has 5 nitrogen and oxygen atoms in total. The van der Waals surface area contributed by atoms with E-state index in [1.54, 1.807) is 11.8 Å². The van der Waals surface area contributed by atoms with Gasteiger partial charge in [0.25, 0.3) is 5.56 Å². The third-order valence-corrected chi connectivity index (χ3v) is 6.26. The summed E-state index contributed by atoms with van der Waals surface area (Å²) < 4.78 is 0. The fourth-order valence-electron chi connectivity index (χ4n) is 2.37. The number of nitrogens with one attached hydrogen (secondary N) is 2. The Morgan fingerprint density at radius 1 is 1.22 bits per heavy atom. The second-order valence-electron chi connectivity index (χ2n) is 6.46. The zero-order chi connectivity index (χ0) is 19.8. The van der Waals surface area contributed by atoms with Crippen LogP contribution >= 0.6 is 23.5 Å². The molecule has 0 radical (unpaired) electrons. The van der Waals surface area contributed by atoms with Crippen molar-refractivity contribution in [1.29, 1.82) is 0 Å². The molecule has 0 saturated carbocycles. The van der Waals surface area contributed by atoms with Crippen LogP contribution in [0.5, 0.6) is 0 Å². The van der Waals surface area contributed by atoms with E-state index in [1.165, 1.54) is 23.4 Å². The van der Waals surface area contributed by atoms with E-state index >= 15 is 0 Å². The minimum absolute atomic E-state index is 0.0867. The molecule has 146 valence electrons. The summed E-state index contributed by atoms with van der Waals surface area (Å²) in [5.74, 6) is 0.596. The molecule has 1 aromatic heterocycles. The standard InChI is InChI=1S/C20H27N3O2S2/c1-5-14-7-9-15(10-8-14)21-19(25)17(6-2)27-20-22-16(11-18(24)23-20)12-26-13(3)4/h7-11,13,17H,5-6,12H2,1-4H3,(H,21,25)(H,22,23,24). The lowest BCUT2D eigenvalue weighted by Crippen LogP contribution is -2.25. The molecule has 2 aromatic rings. The Morgan fingerprint density at radius 3 is 2.52 bits per heavy atom. The number of aromatic nitrogens is 2. The molecule has 0 aliphatic heterocycles. The van der Waals surface area contributed by atoms with Crippen LogP contribution in [0.4, 0.5) is 5.69 Å². The molecule has 1 amide bonds. The van der Waals surface area contributed by atoms with Gasteiger partial charge in [-0.3, -0.25) is 9.59 Å². The van der Waals surface area contributed by atoms with Crippen LogP contribution in [-0.4, -0.2) is 26.4 Å². The lowest BCUT2D eigenvalue weighted by molar-refractivity contribution is -0.115. The van der Waals surface area contributed by atoms with Gasteiger partial charge in [-0.2, -0.15) is 11.8 Å². The van der Waals surface area contributed by atoms with Crippen LogP contribution in [0, 0.1) is 0 Å². The molecule has 0 aliphatic carbocycles. The summed E-state index contributed by atoms with van der Waals surface area (Å²) in [6.07, 6.45) is 1.60. The zero-order valence-electron chi connectivity index (χ0n) is 16.2. The number of thioether (sulfide) groups is 2. The van der Waals surface area contributed by atoms with Crippen molar-refractivity contribution in [1.82, 2.24) is 9.97 Å². The molecular formula is C20H27N3O2S2. The van der Waals surface area contributed by atoms with Gasteiger partial charge < -0.3 is 10.3 Å². The monoisotopic (exact) mass is 405 g/mol. The number of hydrogen-bond donors (Lipinski definition) is 2. The third kappa shape index (κ3) is 7.07.